The van der Waals surface area contributed by atoms with Gasteiger partial charge < -0.3 is 21.1 Å². The molecule has 0 saturated carbocycles. The van der Waals surface area contributed by atoms with Crippen LogP contribution in [0.15, 0.2) is 0 Å². The number of hydrogen-bond donors (Lipinski definition) is 3. The van der Waals surface area contributed by atoms with Crippen molar-refractivity contribution in [3.63, 3.8) is 0 Å². The van der Waals surface area contributed by atoms with E-state index in [1.807, 2.05) is 20.8 Å². The predicted octanol–water partition coefficient (Wildman–Crippen LogP) is 0.193. The van der Waals surface area contributed by atoms with E-state index in [-0.39, 0.29) is 42.3 Å². The summed E-state index contributed by atoms with van der Waals surface area (Å²) in [5, 5.41) is 5.30. The molecule has 1 unspecified atom stereocenters. The summed E-state index contributed by atoms with van der Waals surface area (Å²) in [5.41, 5.74) is 5.41. The second kappa shape index (κ2) is 8.44. The number of nitrogens with two attached hydrogens (primary N) is 1. The molecule has 0 aliphatic carbocycles. The summed E-state index contributed by atoms with van der Waals surface area (Å²) in [7, 11) is 0. The molecule has 4 N–H and O–H groups in total. The third-order valence-corrected chi connectivity index (χ3v) is 3.40. The molecule has 2 atom stereocenters. The summed E-state index contributed by atoms with van der Waals surface area (Å²) < 4.78 is 5.56. The first kappa shape index (κ1) is 19.1. The Kier molecular flexibility index (Phi) is 8.08. The van der Waals surface area contributed by atoms with Crippen LogP contribution < -0.4 is 16.4 Å². The predicted molar refractivity (Wildman–Crippen MR) is 79.7 cm³/mol. The van der Waals surface area contributed by atoms with Gasteiger partial charge in [-0.3, -0.25) is 9.59 Å². The molecule has 0 aromatic carbocycles. The maximum Gasteiger partial charge on any atom is 0.239 e. The topological polar surface area (TPSA) is 93.5 Å². The number of halogens is 1. The van der Waals surface area contributed by atoms with Crippen molar-refractivity contribution in [2.24, 2.45) is 11.7 Å². The molecule has 1 aliphatic rings. The van der Waals surface area contributed by atoms with Gasteiger partial charge in [-0.05, 0) is 25.7 Å². The first-order valence-corrected chi connectivity index (χ1v) is 6.78. The Labute approximate surface area is 126 Å². The van der Waals surface area contributed by atoms with Gasteiger partial charge in [0.2, 0.25) is 11.8 Å². The van der Waals surface area contributed by atoms with Crippen LogP contribution in [0.5, 0.6) is 0 Å². The van der Waals surface area contributed by atoms with Crippen LogP contribution in [0.2, 0.25) is 0 Å². The largest absolute Gasteiger partial charge is 0.373 e. The Hall–Kier alpha value is -0.850. The fourth-order valence-corrected chi connectivity index (χ4v) is 1.91. The highest BCUT2D eigenvalue weighted by molar-refractivity contribution is 5.87. The maximum atomic E-state index is 11.6. The van der Waals surface area contributed by atoms with E-state index >= 15 is 0 Å². The van der Waals surface area contributed by atoms with Gasteiger partial charge in [0.15, 0.2) is 0 Å². The molecule has 1 aliphatic heterocycles. The third-order valence-electron chi connectivity index (χ3n) is 3.40. The van der Waals surface area contributed by atoms with Gasteiger partial charge in [-0.1, -0.05) is 13.8 Å². The van der Waals surface area contributed by atoms with E-state index in [4.69, 9.17) is 10.5 Å². The molecule has 7 heteroatoms. The van der Waals surface area contributed by atoms with Crippen molar-refractivity contribution in [3.8, 4) is 0 Å². The number of nitrogens with one attached hydrogen (secondary N) is 2. The molecule has 1 rings (SSSR count). The van der Waals surface area contributed by atoms with Crippen LogP contribution in [-0.4, -0.2) is 43.2 Å². The van der Waals surface area contributed by atoms with Crippen molar-refractivity contribution in [1.82, 2.24) is 10.6 Å². The summed E-state index contributed by atoms with van der Waals surface area (Å²) in [6.45, 7) is 6.87. The Morgan fingerprint density at radius 3 is 2.50 bits per heavy atom. The van der Waals surface area contributed by atoms with Crippen LogP contribution in [0.1, 0.15) is 33.6 Å². The smallest absolute Gasteiger partial charge is 0.239 e. The first-order valence-electron chi connectivity index (χ1n) is 6.78. The number of hydrogen-bond acceptors (Lipinski definition) is 4. The van der Waals surface area contributed by atoms with Crippen LogP contribution in [-0.2, 0) is 14.3 Å². The summed E-state index contributed by atoms with van der Waals surface area (Å²) in [4.78, 5) is 23.2. The first-order chi connectivity index (χ1) is 8.84. The van der Waals surface area contributed by atoms with E-state index in [1.54, 1.807) is 0 Å². The van der Waals surface area contributed by atoms with Crippen molar-refractivity contribution >= 4 is 24.2 Å². The van der Waals surface area contributed by atoms with Gasteiger partial charge in [0.05, 0.1) is 18.2 Å². The van der Waals surface area contributed by atoms with Gasteiger partial charge in [0.25, 0.3) is 0 Å². The molecular formula is C13H26ClN3O3. The minimum Gasteiger partial charge on any atom is -0.373 e. The molecule has 0 radical (unpaired) electrons. The van der Waals surface area contributed by atoms with Crippen LogP contribution in [0.3, 0.4) is 0 Å². The van der Waals surface area contributed by atoms with E-state index in [9.17, 15) is 9.59 Å². The van der Waals surface area contributed by atoms with E-state index in [0.29, 0.717) is 6.54 Å². The van der Waals surface area contributed by atoms with Gasteiger partial charge in [0, 0.05) is 13.2 Å². The van der Waals surface area contributed by atoms with Gasteiger partial charge >= 0.3 is 0 Å². The number of amides is 2. The highest BCUT2D eigenvalue weighted by atomic mass is 35.5. The Morgan fingerprint density at radius 2 is 2.00 bits per heavy atom. The molecule has 118 valence electrons. The monoisotopic (exact) mass is 307 g/mol. The molecule has 0 spiro atoms. The normalized spacial score (nSPS) is 23.1. The van der Waals surface area contributed by atoms with Crippen LogP contribution in [0.25, 0.3) is 0 Å². The van der Waals surface area contributed by atoms with E-state index in [1.165, 1.54) is 0 Å². The molecule has 1 fully saturated rings. The van der Waals surface area contributed by atoms with Crippen molar-refractivity contribution in [3.05, 3.63) is 0 Å². The summed E-state index contributed by atoms with van der Waals surface area (Å²) in [6.07, 6.45) is 1.96. The molecule has 6 nitrogen and oxygen atoms in total. The lowest BCUT2D eigenvalue weighted by Gasteiger charge is -2.23. The van der Waals surface area contributed by atoms with E-state index in [0.717, 1.165) is 19.4 Å². The molecule has 1 heterocycles. The number of carbonyl (C=O) groups excluding carboxylic acids is 2. The Bertz CT molecular complexity index is 331. The van der Waals surface area contributed by atoms with Crippen LogP contribution in [0.4, 0.5) is 0 Å². The SMILES string of the molecule is CC(C)[C@H](N)C(=O)NCC(=O)NCC1(C)CCCO1.Cl. The van der Waals surface area contributed by atoms with Crippen LogP contribution in [0, 0.1) is 5.92 Å². The number of ether oxygens (including phenoxy) is 1. The second-order valence-electron chi connectivity index (χ2n) is 5.67. The zero-order valence-electron chi connectivity index (χ0n) is 12.4. The van der Waals surface area contributed by atoms with Crippen molar-refractivity contribution in [2.45, 2.75) is 45.3 Å². The fourth-order valence-electron chi connectivity index (χ4n) is 1.91. The van der Waals surface area contributed by atoms with Crippen molar-refractivity contribution < 1.29 is 14.3 Å². The quantitative estimate of drug-likeness (QED) is 0.653. The minimum absolute atomic E-state index is 0. The Balaban J connectivity index is 0.00000361. The zero-order valence-corrected chi connectivity index (χ0v) is 13.2. The summed E-state index contributed by atoms with van der Waals surface area (Å²) in [5.74, 6) is -0.469. The molecule has 20 heavy (non-hydrogen) atoms. The molecule has 0 bridgehead atoms. The zero-order chi connectivity index (χ0) is 14.5. The van der Waals surface area contributed by atoms with E-state index < -0.39 is 6.04 Å². The molecule has 0 aromatic rings. The van der Waals surface area contributed by atoms with Crippen molar-refractivity contribution in [1.29, 1.82) is 0 Å². The molecular weight excluding hydrogens is 282 g/mol. The maximum absolute atomic E-state index is 11.6. The number of carbonyl (C=O) groups is 2. The highest BCUT2D eigenvalue weighted by Gasteiger charge is 2.30. The molecule has 0 aromatic heterocycles. The summed E-state index contributed by atoms with van der Waals surface area (Å²) >= 11 is 0. The van der Waals surface area contributed by atoms with Gasteiger partial charge in [0.1, 0.15) is 0 Å². The summed E-state index contributed by atoms with van der Waals surface area (Å²) in [6, 6.07) is -0.580. The van der Waals surface area contributed by atoms with E-state index in [2.05, 4.69) is 10.6 Å². The minimum atomic E-state index is -0.580. The fraction of sp³-hybridized carbons (Fsp3) is 0.846. The average molecular weight is 308 g/mol. The lowest BCUT2D eigenvalue weighted by Crippen LogP contribution is -2.48. The third kappa shape index (κ3) is 6.07. The highest BCUT2D eigenvalue weighted by Crippen LogP contribution is 2.23. The van der Waals surface area contributed by atoms with Gasteiger partial charge in [-0.25, -0.2) is 0 Å². The molecule has 1 saturated heterocycles. The number of rotatable bonds is 6. The standard InChI is InChI=1S/C13H25N3O3.ClH/c1-9(2)11(14)12(18)15-7-10(17)16-8-13(3)5-4-6-19-13;/h9,11H,4-8,14H2,1-3H3,(H,15,18)(H,16,17);1H/t11-,13?;/m0./s1. The Morgan fingerprint density at radius 1 is 1.35 bits per heavy atom. The molecule has 2 amide bonds. The lowest BCUT2D eigenvalue weighted by molar-refractivity contribution is -0.127. The second-order valence-corrected chi connectivity index (χ2v) is 5.67. The van der Waals surface area contributed by atoms with Crippen LogP contribution >= 0.6 is 12.4 Å². The average Bonchev–Trinajstić information content (AvgIpc) is 2.80. The van der Waals surface area contributed by atoms with Crippen molar-refractivity contribution in [2.75, 3.05) is 19.7 Å². The van der Waals surface area contributed by atoms with Gasteiger partial charge in [-0.15, -0.1) is 12.4 Å². The lowest BCUT2D eigenvalue weighted by atomic mass is 10.0. The van der Waals surface area contributed by atoms with Gasteiger partial charge in [-0.2, -0.15) is 0 Å².